The van der Waals surface area contributed by atoms with E-state index in [4.69, 9.17) is 0 Å². The molecule has 1 aliphatic rings. The third kappa shape index (κ3) is 4.11. The summed E-state index contributed by atoms with van der Waals surface area (Å²) in [5.74, 6) is -2.79. The number of carbonyl (C=O) groups is 4. The van der Waals surface area contributed by atoms with Gasteiger partial charge in [-0.15, -0.1) is 0 Å². The van der Waals surface area contributed by atoms with E-state index in [-0.39, 0.29) is 17.2 Å². The molecular weight excluding hydrogens is 373 g/mol. The molecule has 1 aromatic carbocycles. The summed E-state index contributed by atoms with van der Waals surface area (Å²) in [5.41, 5.74) is 0.0461. The van der Waals surface area contributed by atoms with E-state index < -0.39 is 45.3 Å². The third-order valence-electron chi connectivity index (χ3n) is 5.12. The van der Waals surface area contributed by atoms with Crippen molar-refractivity contribution in [1.82, 2.24) is 0 Å². The number of hydrogen-bond acceptors (Lipinski definition) is 5. The van der Waals surface area contributed by atoms with Crippen LogP contribution in [0.1, 0.15) is 44.0 Å². The lowest BCUT2D eigenvalue weighted by Gasteiger charge is -2.33. The highest BCUT2D eigenvalue weighted by Crippen LogP contribution is 2.34. The molecule has 8 heteroatoms. The Morgan fingerprint density at radius 3 is 2.44 bits per heavy atom. The van der Waals surface area contributed by atoms with Crippen LogP contribution in [-0.4, -0.2) is 50.3 Å². The average molecular weight is 396 g/mol. The van der Waals surface area contributed by atoms with Gasteiger partial charge in [-0.3, -0.25) is 9.59 Å². The van der Waals surface area contributed by atoms with Crippen molar-refractivity contribution in [2.24, 2.45) is 5.92 Å². The molecule has 0 aliphatic carbocycles. The summed E-state index contributed by atoms with van der Waals surface area (Å²) in [6.07, 6.45) is -0.0665. The molecule has 2 rings (SSSR count). The Labute approximate surface area is 161 Å². The van der Waals surface area contributed by atoms with Crippen LogP contribution in [0, 0.1) is 11.7 Å². The molecular formula is C19H23FNO5S+. The van der Waals surface area contributed by atoms with E-state index in [0.717, 1.165) is 6.07 Å². The summed E-state index contributed by atoms with van der Waals surface area (Å²) in [6.45, 7) is 4.60. The van der Waals surface area contributed by atoms with E-state index in [1.165, 1.54) is 32.0 Å². The number of ketones is 1. The Balaban J connectivity index is 2.40. The molecule has 1 fully saturated rings. The maximum atomic E-state index is 13.5. The van der Waals surface area contributed by atoms with Gasteiger partial charge in [-0.25, -0.2) is 9.18 Å². The van der Waals surface area contributed by atoms with Gasteiger partial charge < -0.3 is 5.11 Å². The van der Waals surface area contributed by atoms with Gasteiger partial charge in [-0.2, -0.15) is 9.28 Å². The van der Waals surface area contributed by atoms with Crippen LogP contribution in [0.15, 0.2) is 24.3 Å². The molecule has 2 unspecified atom stereocenters. The van der Waals surface area contributed by atoms with Crippen molar-refractivity contribution in [1.29, 1.82) is 0 Å². The third-order valence-corrected chi connectivity index (χ3v) is 6.33. The number of thioether (sulfide) groups is 1. The monoisotopic (exact) mass is 396 g/mol. The van der Waals surface area contributed by atoms with E-state index in [1.54, 1.807) is 6.92 Å². The van der Waals surface area contributed by atoms with Gasteiger partial charge in [0, 0.05) is 25.3 Å². The van der Waals surface area contributed by atoms with E-state index in [2.05, 4.69) is 0 Å². The van der Waals surface area contributed by atoms with Gasteiger partial charge in [0.25, 0.3) is 0 Å². The highest BCUT2D eigenvalue weighted by molar-refractivity contribution is 8.14. The molecule has 0 bridgehead atoms. The van der Waals surface area contributed by atoms with Crippen molar-refractivity contribution in [2.45, 2.75) is 44.9 Å². The Morgan fingerprint density at radius 2 is 1.96 bits per heavy atom. The number of carboxylic acid groups (broad SMARTS) is 1. The Hall–Kier alpha value is -2.06. The molecule has 27 heavy (non-hydrogen) atoms. The van der Waals surface area contributed by atoms with Crippen molar-refractivity contribution in [2.75, 3.05) is 6.54 Å². The first-order valence-electron chi connectivity index (χ1n) is 8.74. The second-order valence-electron chi connectivity index (χ2n) is 6.90. The first-order valence-corrected chi connectivity index (χ1v) is 9.62. The fourth-order valence-corrected chi connectivity index (χ4v) is 4.56. The number of imide groups is 1. The van der Waals surface area contributed by atoms with Gasteiger partial charge in [0.1, 0.15) is 11.9 Å². The first kappa shape index (κ1) is 21.2. The maximum absolute atomic E-state index is 13.5. The number of benzene rings is 1. The minimum atomic E-state index is -1.25. The minimum Gasteiger partial charge on any atom is -0.435 e. The number of nitrogens with zero attached hydrogens (tertiary/aromatic N) is 1. The van der Waals surface area contributed by atoms with Gasteiger partial charge in [0.2, 0.25) is 0 Å². The van der Waals surface area contributed by atoms with Gasteiger partial charge in [0.15, 0.2) is 10.9 Å². The molecule has 1 aliphatic heterocycles. The summed E-state index contributed by atoms with van der Waals surface area (Å²) >= 11 is 0.681. The number of rotatable bonds is 5. The summed E-state index contributed by atoms with van der Waals surface area (Å²) in [4.78, 5) is 49.7. The lowest BCUT2D eigenvalue weighted by molar-refractivity contribution is -0.794. The summed E-state index contributed by atoms with van der Waals surface area (Å²) in [7, 11) is 0. The number of amides is 2. The van der Waals surface area contributed by atoms with Gasteiger partial charge >= 0.3 is 12.0 Å². The lowest BCUT2D eigenvalue weighted by atomic mass is 9.96. The van der Waals surface area contributed by atoms with Crippen LogP contribution < -0.4 is 0 Å². The molecule has 1 N–H and O–H groups in total. The summed E-state index contributed by atoms with van der Waals surface area (Å²) in [6, 6.07) is 4.61. The standard InChI is InChI=1S/C19H22FNO5S/c1-11-6-5-9-21(11,19(25)26)18(24)12(2)17(27-13(3)22)16(23)14-7-4-8-15(20)10-14/h4,7-8,10-12,17H,5-6,9H2,1-3H3/p+1/t11?,12?,17-,21+/m1/s1. The van der Waals surface area contributed by atoms with E-state index >= 15 is 0 Å². The summed E-state index contributed by atoms with van der Waals surface area (Å²) in [5, 5.41) is 8.27. The van der Waals surface area contributed by atoms with E-state index in [9.17, 15) is 28.7 Å². The number of likely N-dealkylation sites (tertiary alicyclic amines) is 1. The fraction of sp³-hybridized carbons (Fsp3) is 0.474. The average Bonchev–Trinajstić information content (AvgIpc) is 3.00. The Morgan fingerprint density at radius 1 is 1.30 bits per heavy atom. The van der Waals surface area contributed by atoms with Crippen molar-refractivity contribution in [3.8, 4) is 0 Å². The second-order valence-corrected chi connectivity index (χ2v) is 8.22. The normalized spacial score (nSPS) is 24.2. The quantitative estimate of drug-likeness (QED) is 0.605. The minimum absolute atomic E-state index is 0.0461. The number of quaternary nitrogens is 1. The second kappa shape index (κ2) is 8.31. The molecule has 0 saturated carbocycles. The molecule has 2 amide bonds. The van der Waals surface area contributed by atoms with Crippen LogP contribution in [0.2, 0.25) is 0 Å². The zero-order chi connectivity index (χ0) is 20.4. The predicted molar refractivity (Wildman–Crippen MR) is 98.8 cm³/mol. The highest BCUT2D eigenvalue weighted by Gasteiger charge is 2.56. The molecule has 0 radical (unpaired) electrons. The maximum Gasteiger partial charge on any atom is 0.521 e. The van der Waals surface area contributed by atoms with E-state index in [0.29, 0.717) is 24.6 Å². The topological polar surface area (TPSA) is 88.5 Å². The van der Waals surface area contributed by atoms with Crippen molar-refractivity contribution < 1.29 is 33.2 Å². The zero-order valence-electron chi connectivity index (χ0n) is 15.5. The molecule has 1 aromatic rings. The Kier molecular flexibility index (Phi) is 6.54. The van der Waals surface area contributed by atoms with Gasteiger partial charge in [0.05, 0.1) is 17.7 Å². The van der Waals surface area contributed by atoms with Crippen molar-refractivity contribution in [3.63, 3.8) is 0 Å². The lowest BCUT2D eigenvalue weighted by Crippen LogP contribution is -2.61. The Bertz CT molecular complexity index is 783. The summed E-state index contributed by atoms with van der Waals surface area (Å²) < 4.78 is 12.8. The molecule has 6 nitrogen and oxygen atoms in total. The SMILES string of the molecule is CC(=O)S[C@@H](C(=O)c1cccc(F)c1)C(C)C(=O)[N@+]1(C(=O)O)CCCC1C. The van der Waals surface area contributed by atoms with Gasteiger partial charge in [-0.05, 0) is 26.0 Å². The van der Waals surface area contributed by atoms with Crippen LogP contribution in [-0.2, 0) is 9.59 Å². The van der Waals surface area contributed by atoms with Gasteiger partial charge in [-0.1, -0.05) is 23.9 Å². The largest absolute Gasteiger partial charge is 0.521 e. The zero-order valence-corrected chi connectivity index (χ0v) is 16.3. The van der Waals surface area contributed by atoms with Crippen molar-refractivity contribution >= 4 is 34.7 Å². The molecule has 1 heterocycles. The molecule has 1 saturated heterocycles. The smallest absolute Gasteiger partial charge is 0.435 e. The van der Waals surface area contributed by atoms with Crippen LogP contribution >= 0.6 is 11.8 Å². The first-order chi connectivity index (χ1) is 12.6. The van der Waals surface area contributed by atoms with E-state index in [1.807, 2.05) is 0 Å². The van der Waals surface area contributed by atoms with Crippen LogP contribution in [0.5, 0.6) is 0 Å². The van der Waals surface area contributed by atoms with Crippen molar-refractivity contribution in [3.05, 3.63) is 35.6 Å². The number of carbonyl (C=O) groups excluding carboxylic acids is 3. The number of hydrogen-bond donors (Lipinski definition) is 1. The number of halogens is 1. The molecule has 0 aromatic heterocycles. The molecule has 146 valence electrons. The van der Waals surface area contributed by atoms with Crippen LogP contribution in [0.4, 0.5) is 9.18 Å². The molecule has 4 atom stereocenters. The predicted octanol–water partition coefficient (Wildman–Crippen LogP) is 3.50. The number of Topliss-reactive ketones (excluding diaryl/α,β-unsaturated/α-hetero) is 1. The van der Waals surface area contributed by atoms with Crippen LogP contribution in [0.25, 0.3) is 0 Å². The fourth-order valence-electron chi connectivity index (χ4n) is 3.64. The molecule has 0 spiro atoms. The highest BCUT2D eigenvalue weighted by atomic mass is 32.2. The van der Waals surface area contributed by atoms with Crippen LogP contribution in [0.3, 0.4) is 0 Å².